The minimum absolute atomic E-state index is 0.0342. The summed E-state index contributed by atoms with van der Waals surface area (Å²) in [7, 11) is 1.45. The molecule has 2 aliphatic rings. The zero-order valence-electron chi connectivity index (χ0n) is 11.5. The fraction of sp³-hybridized carbons (Fsp3) is 0.846. The maximum Gasteiger partial charge on any atom is 0.308 e. The van der Waals surface area contributed by atoms with E-state index in [4.69, 9.17) is 10.5 Å². The highest BCUT2D eigenvalue weighted by Crippen LogP contribution is 2.24. The Hall–Kier alpha value is -1.14. The number of methoxy groups -OCH3 is 1. The Morgan fingerprint density at radius 3 is 2.47 bits per heavy atom. The highest BCUT2D eigenvalue weighted by Gasteiger charge is 2.33. The lowest BCUT2D eigenvalue weighted by Gasteiger charge is -2.34. The van der Waals surface area contributed by atoms with E-state index in [2.05, 4.69) is 4.90 Å². The minimum atomic E-state index is -0.0917. The van der Waals surface area contributed by atoms with E-state index in [-0.39, 0.29) is 24.3 Å². The molecule has 1 unspecified atom stereocenters. The third-order valence-electron chi connectivity index (χ3n) is 4.27. The largest absolute Gasteiger partial charge is 0.469 e. The molecule has 2 saturated heterocycles. The minimum Gasteiger partial charge on any atom is -0.469 e. The number of rotatable bonds is 3. The molecule has 2 N–H and O–H groups in total. The standard InChI is InChI=1S/C13H23N3O3/c1-19-13(18)10-2-5-15(6-3-10)11-4-7-16(9-11)12(17)8-14/h10-11H,2-9,14H2,1H3. The number of carbonyl (C=O) groups is 2. The molecule has 0 aliphatic carbocycles. The van der Waals surface area contributed by atoms with Gasteiger partial charge in [0.15, 0.2) is 0 Å². The number of esters is 1. The second-order valence-electron chi connectivity index (χ2n) is 5.32. The van der Waals surface area contributed by atoms with E-state index in [1.54, 1.807) is 0 Å². The number of hydrogen-bond donors (Lipinski definition) is 1. The quantitative estimate of drug-likeness (QED) is 0.695. The highest BCUT2D eigenvalue weighted by molar-refractivity contribution is 5.78. The first kappa shape index (κ1) is 14.3. The van der Waals surface area contributed by atoms with Gasteiger partial charge in [0.05, 0.1) is 19.6 Å². The van der Waals surface area contributed by atoms with Crippen molar-refractivity contribution in [2.24, 2.45) is 11.7 Å². The maximum absolute atomic E-state index is 11.5. The summed E-state index contributed by atoms with van der Waals surface area (Å²) < 4.78 is 4.79. The predicted octanol–water partition coefficient (Wildman–Crippen LogP) is -0.569. The molecule has 2 rings (SSSR count). The van der Waals surface area contributed by atoms with Crippen LogP contribution in [0, 0.1) is 5.92 Å². The number of hydrogen-bond acceptors (Lipinski definition) is 5. The second kappa shape index (κ2) is 6.34. The lowest BCUT2D eigenvalue weighted by Crippen LogP contribution is -2.45. The first-order valence-electron chi connectivity index (χ1n) is 6.95. The number of nitrogens with two attached hydrogens (primary N) is 1. The average Bonchev–Trinajstić information content (AvgIpc) is 2.95. The van der Waals surface area contributed by atoms with Crippen LogP contribution in [0.3, 0.4) is 0 Å². The molecule has 0 saturated carbocycles. The molecule has 0 bridgehead atoms. The fourth-order valence-electron chi connectivity index (χ4n) is 3.06. The topological polar surface area (TPSA) is 75.9 Å². The van der Waals surface area contributed by atoms with Crippen LogP contribution in [-0.4, -0.2) is 67.6 Å². The zero-order valence-corrected chi connectivity index (χ0v) is 11.5. The van der Waals surface area contributed by atoms with Gasteiger partial charge in [0.2, 0.25) is 5.91 Å². The van der Waals surface area contributed by atoms with Crippen molar-refractivity contribution in [2.75, 3.05) is 39.8 Å². The van der Waals surface area contributed by atoms with E-state index in [0.717, 1.165) is 45.4 Å². The average molecular weight is 269 g/mol. The summed E-state index contributed by atoms with van der Waals surface area (Å²) in [5, 5.41) is 0. The highest BCUT2D eigenvalue weighted by atomic mass is 16.5. The third kappa shape index (κ3) is 3.25. The molecule has 6 nitrogen and oxygen atoms in total. The van der Waals surface area contributed by atoms with Crippen LogP contribution in [-0.2, 0) is 14.3 Å². The summed E-state index contributed by atoms with van der Waals surface area (Å²) in [6.07, 6.45) is 2.72. The van der Waals surface area contributed by atoms with Gasteiger partial charge in [-0.25, -0.2) is 0 Å². The molecule has 2 heterocycles. The summed E-state index contributed by atoms with van der Waals surface area (Å²) in [6.45, 7) is 3.50. The number of piperidine rings is 1. The SMILES string of the molecule is COC(=O)C1CCN(C2CCN(C(=O)CN)C2)CC1. The van der Waals surface area contributed by atoms with Crippen LogP contribution >= 0.6 is 0 Å². The zero-order chi connectivity index (χ0) is 13.8. The molecule has 6 heteroatoms. The molecule has 108 valence electrons. The first-order chi connectivity index (χ1) is 9.15. The van der Waals surface area contributed by atoms with E-state index in [0.29, 0.717) is 6.04 Å². The van der Waals surface area contributed by atoms with Gasteiger partial charge in [-0.05, 0) is 32.4 Å². The summed E-state index contributed by atoms with van der Waals surface area (Å²) in [4.78, 5) is 27.2. The van der Waals surface area contributed by atoms with E-state index >= 15 is 0 Å². The Balaban J connectivity index is 1.80. The number of carbonyl (C=O) groups excluding carboxylic acids is 2. The van der Waals surface area contributed by atoms with Gasteiger partial charge in [-0.1, -0.05) is 0 Å². The molecule has 1 atom stereocenters. The third-order valence-corrected chi connectivity index (χ3v) is 4.27. The maximum atomic E-state index is 11.5. The molecule has 0 aromatic carbocycles. The van der Waals surface area contributed by atoms with Crippen LogP contribution in [0.2, 0.25) is 0 Å². The van der Waals surface area contributed by atoms with Crippen LogP contribution in [0.25, 0.3) is 0 Å². The van der Waals surface area contributed by atoms with Gasteiger partial charge in [0, 0.05) is 19.1 Å². The molecule has 0 radical (unpaired) electrons. The van der Waals surface area contributed by atoms with Gasteiger partial charge in [0.25, 0.3) is 0 Å². The van der Waals surface area contributed by atoms with Crippen LogP contribution < -0.4 is 5.73 Å². The van der Waals surface area contributed by atoms with Crippen LogP contribution in [0.5, 0.6) is 0 Å². The normalized spacial score (nSPS) is 25.6. The summed E-state index contributed by atoms with van der Waals surface area (Å²) in [5.41, 5.74) is 5.39. The van der Waals surface area contributed by atoms with Crippen molar-refractivity contribution in [1.82, 2.24) is 9.80 Å². The van der Waals surface area contributed by atoms with E-state index in [9.17, 15) is 9.59 Å². The molecule has 0 aromatic rings. The van der Waals surface area contributed by atoms with Crippen molar-refractivity contribution >= 4 is 11.9 Å². The number of amides is 1. The summed E-state index contributed by atoms with van der Waals surface area (Å²) in [5.74, 6) is -0.0117. The summed E-state index contributed by atoms with van der Waals surface area (Å²) in [6, 6.07) is 0.425. The van der Waals surface area contributed by atoms with Crippen LogP contribution in [0.1, 0.15) is 19.3 Å². The van der Waals surface area contributed by atoms with Crippen molar-refractivity contribution < 1.29 is 14.3 Å². The van der Waals surface area contributed by atoms with Crippen molar-refractivity contribution in [3.05, 3.63) is 0 Å². The molecule has 0 spiro atoms. The van der Waals surface area contributed by atoms with Crippen molar-refractivity contribution in [3.63, 3.8) is 0 Å². The Morgan fingerprint density at radius 1 is 1.21 bits per heavy atom. The van der Waals surface area contributed by atoms with Crippen LogP contribution in [0.4, 0.5) is 0 Å². The van der Waals surface area contributed by atoms with Crippen molar-refractivity contribution in [1.29, 1.82) is 0 Å². The Morgan fingerprint density at radius 2 is 1.89 bits per heavy atom. The number of ether oxygens (including phenoxy) is 1. The first-order valence-corrected chi connectivity index (χ1v) is 6.95. The molecular weight excluding hydrogens is 246 g/mol. The van der Waals surface area contributed by atoms with Gasteiger partial charge in [0.1, 0.15) is 0 Å². The number of likely N-dealkylation sites (tertiary alicyclic amines) is 2. The molecule has 1 amide bonds. The predicted molar refractivity (Wildman–Crippen MR) is 70.4 cm³/mol. The Labute approximate surface area is 113 Å². The van der Waals surface area contributed by atoms with Gasteiger partial charge >= 0.3 is 5.97 Å². The van der Waals surface area contributed by atoms with Gasteiger partial charge < -0.3 is 15.4 Å². The van der Waals surface area contributed by atoms with E-state index < -0.39 is 0 Å². The van der Waals surface area contributed by atoms with Crippen molar-refractivity contribution in [2.45, 2.75) is 25.3 Å². The molecular formula is C13H23N3O3. The van der Waals surface area contributed by atoms with E-state index in [1.807, 2.05) is 4.90 Å². The van der Waals surface area contributed by atoms with Gasteiger partial charge in [-0.15, -0.1) is 0 Å². The molecule has 2 fully saturated rings. The smallest absolute Gasteiger partial charge is 0.308 e. The van der Waals surface area contributed by atoms with Gasteiger partial charge in [-0.3, -0.25) is 14.5 Å². The fourth-order valence-corrected chi connectivity index (χ4v) is 3.06. The molecule has 19 heavy (non-hydrogen) atoms. The summed E-state index contributed by atoms with van der Waals surface area (Å²) >= 11 is 0. The Bertz CT molecular complexity index is 340. The lowest BCUT2D eigenvalue weighted by molar-refractivity contribution is -0.147. The molecule has 2 aliphatic heterocycles. The van der Waals surface area contributed by atoms with Gasteiger partial charge in [-0.2, -0.15) is 0 Å². The monoisotopic (exact) mass is 269 g/mol. The van der Waals surface area contributed by atoms with E-state index in [1.165, 1.54) is 7.11 Å². The second-order valence-corrected chi connectivity index (χ2v) is 5.32. The van der Waals surface area contributed by atoms with Crippen molar-refractivity contribution in [3.8, 4) is 0 Å². The molecule has 0 aromatic heterocycles. The number of nitrogens with zero attached hydrogens (tertiary/aromatic N) is 2. The van der Waals surface area contributed by atoms with Crippen LogP contribution in [0.15, 0.2) is 0 Å². The lowest BCUT2D eigenvalue weighted by atomic mass is 9.96. The Kier molecular flexibility index (Phi) is 4.76.